The Hall–Kier alpha value is -1.60. The van der Waals surface area contributed by atoms with Crippen molar-refractivity contribution in [3.8, 4) is 0 Å². The van der Waals surface area contributed by atoms with Crippen molar-refractivity contribution in [1.29, 1.82) is 0 Å². The van der Waals surface area contributed by atoms with E-state index in [0.717, 1.165) is 0 Å². The van der Waals surface area contributed by atoms with E-state index in [4.69, 9.17) is 5.11 Å². The molecule has 0 aromatic carbocycles. The average Bonchev–Trinajstić information content (AvgIpc) is 2.61. The third-order valence-corrected chi connectivity index (χ3v) is 2.03. The van der Waals surface area contributed by atoms with Crippen LogP contribution >= 0.6 is 0 Å². The number of carbonyl (C=O) groups is 1. The number of aromatic nitrogens is 3. The molecule has 0 saturated carbocycles. The van der Waals surface area contributed by atoms with E-state index in [1.807, 2.05) is 0 Å². The van der Waals surface area contributed by atoms with Crippen molar-refractivity contribution in [1.82, 2.24) is 15.0 Å². The van der Waals surface area contributed by atoms with Crippen LogP contribution in [0.1, 0.15) is 25.0 Å². The van der Waals surface area contributed by atoms with Gasteiger partial charge in [-0.2, -0.15) is 13.2 Å². The second kappa shape index (κ2) is 5.65. The third-order valence-electron chi connectivity index (χ3n) is 2.03. The summed E-state index contributed by atoms with van der Waals surface area (Å²) < 4.78 is 36.9. The van der Waals surface area contributed by atoms with E-state index in [0.29, 0.717) is 5.69 Å². The summed E-state index contributed by atoms with van der Waals surface area (Å²) in [6.45, 7) is 0.125. The molecule has 0 aliphatic rings. The zero-order chi connectivity index (χ0) is 12.9. The van der Waals surface area contributed by atoms with Gasteiger partial charge in [-0.3, -0.25) is 9.48 Å². The van der Waals surface area contributed by atoms with Gasteiger partial charge in [0.2, 0.25) is 0 Å². The van der Waals surface area contributed by atoms with Gasteiger partial charge in [-0.1, -0.05) is 5.21 Å². The van der Waals surface area contributed by atoms with Crippen molar-refractivity contribution >= 4 is 5.97 Å². The SMILES string of the molecule is O=C(O)CCc1cn(CCCC(F)(F)F)nn1. The van der Waals surface area contributed by atoms with E-state index in [2.05, 4.69) is 10.3 Å². The minimum Gasteiger partial charge on any atom is -0.481 e. The normalized spacial score (nSPS) is 11.7. The largest absolute Gasteiger partial charge is 0.481 e. The molecule has 0 bridgehead atoms. The molecule has 5 nitrogen and oxygen atoms in total. The molecule has 1 aromatic rings. The van der Waals surface area contributed by atoms with E-state index < -0.39 is 18.6 Å². The summed E-state index contributed by atoms with van der Waals surface area (Å²) in [6, 6.07) is 0. The Morgan fingerprint density at radius 2 is 2.18 bits per heavy atom. The zero-order valence-electron chi connectivity index (χ0n) is 8.94. The molecule has 0 amide bonds. The first-order valence-electron chi connectivity index (χ1n) is 5.04. The lowest BCUT2D eigenvalue weighted by molar-refractivity contribution is -0.137. The van der Waals surface area contributed by atoms with Crippen molar-refractivity contribution in [2.75, 3.05) is 0 Å². The molecule has 0 aliphatic heterocycles. The zero-order valence-corrected chi connectivity index (χ0v) is 8.94. The minimum absolute atomic E-state index is 0.0643. The van der Waals surface area contributed by atoms with E-state index in [9.17, 15) is 18.0 Å². The maximum Gasteiger partial charge on any atom is 0.389 e. The summed E-state index contributed by atoms with van der Waals surface area (Å²) in [7, 11) is 0. The van der Waals surface area contributed by atoms with Crippen molar-refractivity contribution in [3.05, 3.63) is 11.9 Å². The lowest BCUT2D eigenvalue weighted by Crippen LogP contribution is -2.09. The fourth-order valence-electron chi connectivity index (χ4n) is 1.24. The lowest BCUT2D eigenvalue weighted by atomic mass is 10.2. The van der Waals surface area contributed by atoms with E-state index in [-0.39, 0.29) is 25.8 Å². The first kappa shape index (κ1) is 13.5. The Morgan fingerprint density at radius 3 is 2.76 bits per heavy atom. The standard InChI is InChI=1S/C9H12F3N3O2/c10-9(11,12)4-1-5-15-6-7(13-14-15)2-3-8(16)17/h6H,1-5H2,(H,16,17). The molecule has 1 heterocycles. The molecule has 0 spiro atoms. The summed E-state index contributed by atoms with van der Waals surface area (Å²) in [4.78, 5) is 10.3. The fourth-order valence-corrected chi connectivity index (χ4v) is 1.24. The molecule has 96 valence electrons. The highest BCUT2D eigenvalue weighted by Crippen LogP contribution is 2.21. The summed E-state index contributed by atoms with van der Waals surface area (Å²) in [5, 5.41) is 15.7. The molecule has 1 aromatic heterocycles. The van der Waals surface area contributed by atoms with Gasteiger partial charge in [-0.05, 0) is 6.42 Å². The quantitative estimate of drug-likeness (QED) is 0.834. The van der Waals surface area contributed by atoms with Gasteiger partial charge in [0.25, 0.3) is 0 Å². The number of rotatable bonds is 6. The van der Waals surface area contributed by atoms with Crippen molar-refractivity contribution in [2.24, 2.45) is 0 Å². The van der Waals surface area contributed by atoms with Crippen molar-refractivity contribution in [2.45, 2.75) is 38.4 Å². The summed E-state index contributed by atoms with van der Waals surface area (Å²) in [5.74, 6) is -0.948. The Balaban J connectivity index is 2.33. The van der Waals surface area contributed by atoms with Crippen LogP contribution in [0.5, 0.6) is 0 Å². The summed E-state index contributed by atoms with van der Waals surface area (Å²) in [6.07, 6.45) is -3.45. The van der Waals surface area contributed by atoms with Gasteiger partial charge in [0.15, 0.2) is 0 Å². The smallest absolute Gasteiger partial charge is 0.389 e. The van der Waals surface area contributed by atoms with Crippen LogP contribution in [-0.4, -0.2) is 32.2 Å². The molecule has 0 saturated heterocycles. The Kier molecular flexibility index (Phi) is 4.47. The highest BCUT2D eigenvalue weighted by atomic mass is 19.4. The second-order valence-corrected chi connectivity index (χ2v) is 3.59. The Labute approximate surface area is 95.2 Å². The van der Waals surface area contributed by atoms with Crippen LogP contribution in [0.4, 0.5) is 13.2 Å². The summed E-state index contributed by atoms with van der Waals surface area (Å²) >= 11 is 0. The maximum atomic E-state index is 11.9. The number of nitrogens with zero attached hydrogens (tertiary/aromatic N) is 3. The van der Waals surface area contributed by atoms with Crippen molar-refractivity contribution < 1.29 is 23.1 Å². The molecular weight excluding hydrogens is 239 g/mol. The van der Waals surface area contributed by atoms with Crippen molar-refractivity contribution in [3.63, 3.8) is 0 Å². The number of aliphatic carboxylic acids is 1. The molecule has 0 atom stereocenters. The Bertz CT molecular complexity index is 376. The first-order valence-corrected chi connectivity index (χ1v) is 5.04. The number of alkyl halides is 3. The van der Waals surface area contributed by atoms with Crippen LogP contribution in [0, 0.1) is 0 Å². The van der Waals surface area contributed by atoms with Gasteiger partial charge in [0, 0.05) is 25.6 Å². The number of carboxylic acid groups (broad SMARTS) is 1. The van der Waals surface area contributed by atoms with Gasteiger partial charge in [-0.25, -0.2) is 0 Å². The number of carboxylic acids is 1. The first-order chi connectivity index (χ1) is 7.87. The van der Waals surface area contributed by atoms with Crippen LogP contribution in [0.2, 0.25) is 0 Å². The van der Waals surface area contributed by atoms with Crippen LogP contribution < -0.4 is 0 Å². The predicted molar refractivity (Wildman–Crippen MR) is 51.3 cm³/mol. The maximum absolute atomic E-state index is 11.9. The molecular formula is C9H12F3N3O2. The highest BCUT2D eigenvalue weighted by Gasteiger charge is 2.26. The van der Waals surface area contributed by atoms with E-state index >= 15 is 0 Å². The van der Waals surface area contributed by atoms with Crippen LogP contribution in [-0.2, 0) is 17.8 Å². The molecule has 1 N–H and O–H groups in total. The third kappa shape index (κ3) is 5.88. The molecule has 0 fully saturated rings. The highest BCUT2D eigenvalue weighted by molar-refractivity contribution is 5.66. The van der Waals surface area contributed by atoms with Crippen LogP contribution in [0.25, 0.3) is 0 Å². The average molecular weight is 251 g/mol. The molecule has 0 unspecified atom stereocenters. The number of halogens is 3. The lowest BCUT2D eigenvalue weighted by Gasteiger charge is -2.04. The molecule has 0 aliphatic carbocycles. The second-order valence-electron chi connectivity index (χ2n) is 3.59. The molecule has 8 heteroatoms. The Morgan fingerprint density at radius 1 is 1.47 bits per heavy atom. The van der Waals surface area contributed by atoms with Crippen LogP contribution in [0.15, 0.2) is 6.20 Å². The molecule has 17 heavy (non-hydrogen) atoms. The molecule has 0 radical (unpaired) electrons. The van der Waals surface area contributed by atoms with Gasteiger partial charge in [0.05, 0.1) is 12.1 Å². The van der Waals surface area contributed by atoms with E-state index in [1.54, 1.807) is 0 Å². The number of hydrogen-bond acceptors (Lipinski definition) is 3. The van der Waals surface area contributed by atoms with Gasteiger partial charge >= 0.3 is 12.1 Å². The van der Waals surface area contributed by atoms with Gasteiger partial charge < -0.3 is 5.11 Å². The molecule has 1 rings (SSSR count). The number of hydrogen-bond donors (Lipinski definition) is 1. The topological polar surface area (TPSA) is 68.0 Å². The van der Waals surface area contributed by atoms with Gasteiger partial charge in [-0.15, -0.1) is 5.10 Å². The fraction of sp³-hybridized carbons (Fsp3) is 0.667. The predicted octanol–water partition coefficient (Wildman–Crippen LogP) is 1.64. The number of aryl methyl sites for hydroxylation is 2. The minimum atomic E-state index is -4.16. The van der Waals surface area contributed by atoms with E-state index in [1.165, 1.54) is 10.9 Å². The van der Waals surface area contributed by atoms with Crippen LogP contribution in [0.3, 0.4) is 0 Å². The van der Waals surface area contributed by atoms with Gasteiger partial charge in [0.1, 0.15) is 0 Å². The summed E-state index contributed by atoms with van der Waals surface area (Å²) in [5.41, 5.74) is 0.472. The monoisotopic (exact) mass is 251 g/mol.